The highest BCUT2D eigenvalue weighted by Gasteiger charge is 2.23. The summed E-state index contributed by atoms with van der Waals surface area (Å²) < 4.78 is 74.7. The fraction of sp³-hybridized carbons (Fsp3) is 0.125. The van der Waals surface area contributed by atoms with Crippen molar-refractivity contribution in [1.82, 2.24) is 0 Å². The number of halogens is 4. The average Bonchev–Trinajstić information content (AvgIpc) is 2.21. The highest BCUT2D eigenvalue weighted by Crippen LogP contribution is 2.24. The Bertz CT molecular complexity index is 568. The zero-order chi connectivity index (χ0) is 13.2. The van der Waals surface area contributed by atoms with E-state index in [9.17, 15) is 26.0 Å². The molecule has 0 aliphatic rings. The van der Waals surface area contributed by atoms with Crippen LogP contribution in [0.3, 0.4) is 0 Å². The molecule has 1 rings (SSSR count). The molecule has 0 atom stereocenters. The van der Waals surface area contributed by atoms with E-state index >= 15 is 0 Å². The van der Waals surface area contributed by atoms with Gasteiger partial charge in [0.25, 0.3) is 0 Å². The first-order valence-electron chi connectivity index (χ1n) is 3.99. The van der Waals surface area contributed by atoms with Crippen LogP contribution in [0.1, 0.15) is 0 Å². The number of nitriles is 1. The molecule has 0 saturated heterocycles. The van der Waals surface area contributed by atoms with Crippen LogP contribution in [-0.4, -0.2) is 14.2 Å². The number of hydrogen-bond donors (Lipinski definition) is 1. The van der Waals surface area contributed by atoms with E-state index in [0.29, 0.717) is 0 Å². The molecule has 0 saturated carbocycles. The van der Waals surface area contributed by atoms with Gasteiger partial charge in [-0.1, -0.05) is 0 Å². The van der Waals surface area contributed by atoms with Gasteiger partial charge in [0.15, 0.2) is 29.0 Å². The molecule has 0 unspecified atom stereocenters. The third kappa shape index (κ3) is 2.85. The molecular weight excluding hydrogens is 264 g/mol. The van der Waals surface area contributed by atoms with Gasteiger partial charge in [0, 0.05) is 6.07 Å². The first-order chi connectivity index (χ1) is 7.78. The summed E-state index contributed by atoms with van der Waals surface area (Å²) in [5.41, 5.74) is -1.49. The van der Waals surface area contributed by atoms with Crippen LogP contribution < -0.4 is 4.72 Å². The Kier molecular flexibility index (Phi) is 3.57. The topological polar surface area (TPSA) is 70.0 Å². The molecule has 92 valence electrons. The molecule has 0 radical (unpaired) electrons. The summed E-state index contributed by atoms with van der Waals surface area (Å²) in [6.07, 6.45) is 0. The van der Waals surface area contributed by atoms with Gasteiger partial charge >= 0.3 is 0 Å². The molecule has 0 aromatic heterocycles. The number of rotatable bonds is 3. The molecule has 0 amide bonds. The zero-order valence-corrected chi connectivity index (χ0v) is 8.78. The van der Waals surface area contributed by atoms with Gasteiger partial charge in [0.2, 0.25) is 10.0 Å². The van der Waals surface area contributed by atoms with Crippen molar-refractivity contribution in [2.24, 2.45) is 0 Å². The Morgan fingerprint density at radius 1 is 1.18 bits per heavy atom. The largest absolute Gasteiger partial charge is 0.277 e. The lowest BCUT2D eigenvalue weighted by molar-refractivity contribution is 0.459. The first kappa shape index (κ1) is 13.2. The van der Waals surface area contributed by atoms with Gasteiger partial charge in [0.1, 0.15) is 5.69 Å². The summed E-state index contributed by atoms with van der Waals surface area (Å²) in [5, 5.41) is 8.12. The molecule has 1 aromatic rings. The fourth-order valence-electron chi connectivity index (χ4n) is 0.939. The van der Waals surface area contributed by atoms with Crippen LogP contribution in [0.5, 0.6) is 0 Å². The second kappa shape index (κ2) is 4.58. The van der Waals surface area contributed by atoms with Crippen LogP contribution in [0.25, 0.3) is 0 Å². The van der Waals surface area contributed by atoms with Crippen molar-refractivity contribution in [2.45, 2.75) is 0 Å². The summed E-state index contributed by atoms with van der Waals surface area (Å²) in [6, 6.07) is 1.15. The normalized spacial score (nSPS) is 11.0. The SMILES string of the molecule is N#CCS(=O)(=O)Nc1c(F)c(F)cc(F)c1F. The molecule has 0 fully saturated rings. The zero-order valence-electron chi connectivity index (χ0n) is 7.97. The predicted molar refractivity (Wildman–Crippen MR) is 49.3 cm³/mol. The second-order valence-corrected chi connectivity index (χ2v) is 4.58. The van der Waals surface area contributed by atoms with E-state index in [4.69, 9.17) is 5.26 Å². The molecule has 1 N–H and O–H groups in total. The van der Waals surface area contributed by atoms with Crippen LogP contribution in [-0.2, 0) is 10.0 Å². The van der Waals surface area contributed by atoms with E-state index in [1.165, 1.54) is 10.8 Å². The van der Waals surface area contributed by atoms with Crippen LogP contribution in [0.4, 0.5) is 23.2 Å². The molecule has 0 bridgehead atoms. The summed E-state index contributed by atoms with van der Waals surface area (Å²) in [5.74, 6) is -8.38. The second-order valence-electron chi connectivity index (χ2n) is 2.86. The minimum Gasteiger partial charge on any atom is -0.277 e. The fourth-order valence-corrected chi connectivity index (χ4v) is 1.67. The first-order valence-corrected chi connectivity index (χ1v) is 5.64. The number of nitrogens with one attached hydrogen (secondary N) is 1. The number of anilines is 1. The standard InChI is InChI=1S/C8H4F4N2O2S/c9-4-3-5(10)7(12)8(6(4)11)14-17(15,16)2-1-13/h3,14H,2H2. The van der Waals surface area contributed by atoms with Gasteiger partial charge in [-0.05, 0) is 0 Å². The van der Waals surface area contributed by atoms with E-state index < -0.39 is 44.7 Å². The molecule has 4 nitrogen and oxygen atoms in total. The highest BCUT2D eigenvalue weighted by molar-refractivity contribution is 7.92. The van der Waals surface area contributed by atoms with Gasteiger partial charge in [-0.3, -0.25) is 4.72 Å². The number of nitrogens with zero attached hydrogens (tertiary/aromatic N) is 1. The number of hydrogen-bond acceptors (Lipinski definition) is 3. The van der Waals surface area contributed by atoms with Crippen molar-refractivity contribution >= 4 is 15.7 Å². The number of sulfonamides is 1. The lowest BCUT2D eigenvalue weighted by Crippen LogP contribution is -2.18. The smallest absolute Gasteiger partial charge is 0.246 e. The van der Waals surface area contributed by atoms with Gasteiger partial charge in [0.05, 0.1) is 6.07 Å². The van der Waals surface area contributed by atoms with Crippen molar-refractivity contribution in [1.29, 1.82) is 5.26 Å². The van der Waals surface area contributed by atoms with Crippen molar-refractivity contribution in [3.63, 3.8) is 0 Å². The van der Waals surface area contributed by atoms with E-state index in [2.05, 4.69) is 0 Å². The molecule has 1 aromatic carbocycles. The molecule has 17 heavy (non-hydrogen) atoms. The summed E-state index contributed by atoms with van der Waals surface area (Å²) in [4.78, 5) is 0. The van der Waals surface area contributed by atoms with E-state index in [1.54, 1.807) is 0 Å². The Morgan fingerprint density at radius 2 is 1.65 bits per heavy atom. The third-order valence-corrected chi connectivity index (χ3v) is 2.65. The molecule has 0 aliphatic carbocycles. The quantitative estimate of drug-likeness (QED) is 0.667. The molecule has 0 spiro atoms. The highest BCUT2D eigenvalue weighted by atomic mass is 32.2. The average molecular weight is 268 g/mol. The van der Waals surface area contributed by atoms with Crippen LogP contribution in [0.15, 0.2) is 6.07 Å². The van der Waals surface area contributed by atoms with Crippen molar-refractivity contribution in [3.05, 3.63) is 29.3 Å². The molecule has 9 heteroatoms. The van der Waals surface area contributed by atoms with E-state index in [1.807, 2.05) is 0 Å². The Labute approximate surface area is 93.5 Å². The van der Waals surface area contributed by atoms with Crippen molar-refractivity contribution in [3.8, 4) is 6.07 Å². The minimum atomic E-state index is -4.39. The van der Waals surface area contributed by atoms with Gasteiger partial charge < -0.3 is 0 Å². The van der Waals surface area contributed by atoms with Crippen LogP contribution in [0, 0.1) is 34.6 Å². The van der Waals surface area contributed by atoms with Gasteiger partial charge in [-0.2, -0.15) is 5.26 Å². The van der Waals surface area contributed by atoms with Crippen molar-refractivity contribution < 1.29 is 26.0 Å². The minimum absolute atomic E-state index is 0.0627. The molecule has 0 aliphatic heterocycles. The monoisotopic (exact) mass is 268 g/mol. The Hall–Kier alpha value is -1.82. The maximum atomic E-state index is 13.0. The summed E-state index contributed by atoms with van der Waals surface area (Å²) in [6.45, 7) is 0. The van der Waals surface area contributed by atoms with Gasteiger partial charge in [-0.15, -0.1) is 0 Å². The molecular formula is C8H4F4N2O2S. The Morgan fingerprint density at radius 3 is 2.06 bits per heavy atom. The van der Waals surface area contributed by atoms with Crippen LogP contribution in [0.2, 0.25) is 0 Å². The maximum absolute atomic E-state index is 13.0. The number of benzene rings is 1. The van der Waals surface area contributed by atoms with E-state index in [-0.39, 0.29) is 6.07 Å². The maximum Gasteiger partial charge on any atom is 0.246 e. The third-order valence-electron chi connectivity index (χ3n) is 1.62. The van der Waals surface area contributed by atoms with E-state index in [0.717, 1.165) is 0 Å². The summed E-state index contributed by atoms with van der Waals surface area (Å²) >= 11 is 0. The molecule has 0 heterocycles. The predicted octanol–water partition coefficient (Wildman–Crippen LogP) is 1.51. The van der Waals surface area contributed by atoms with Crippen LogP contribution >= 0.6 is 0 Å². The lowest BCUT2D eigenvalue weighted by Gasteiger charge is -2.08. The Balaban J connectivity index is 3.30. The lowest BCUT2D eigenvalue weighted by atomic mass is 10.3. The summed E-state index contributed by atoms with van der Waals surface area (Å²) in [7, 11) is -4.39. The van der Waals surface area contributed by atoms with Gasteiger partial charge in [-0.25, -0.2) is 26.0 Å². The van der Waals surface area contributed by atoms with Crippen molar-refractivity contribution in [2.75, 3.05) is 10.5 Å².